The van der Waals surface area contributed by atoms with Gasteiger partial charge in [-0.15, -0.1) is 0 Å². The maximum Gasteiger partial charge on any atom is 0.265 e. The zero-order chi connectivity index (χ0) is 20.8. The van der Waals surface area contributed by atoms with E-state index in [1.165, 1.54) is 24.3 Å². The highest BCUT2D eigenvalue weighted by Gasteiger charge is 2.34. The van der Waals surface area contributed by atoms with Crippen molar-refractivity contribution < 1.29 is 23.1 Å². The topological polar surface area (TPSA) is 104 Å². The first-order chi connectivity index (χ1) is 13.8. The lowest BCUT2D eigenvalue weighted by atomic mass is 9.92. The Kier molecular flexibility index (Phi) is 4.60. The van der Waals surface area contributed by atoms with E-state index in [1.807, 2.05) is 6.07 Å². The summed E-state index contributed by atoms with van der Waals surface area (Å²) in [6.07, 6.45) is 1.07. The molecule has 1 heterocycles. The van der Waals surface area contributed by atoms with E-state index in [0.29, 0.717) is 34.1 Å². The molecule has 0 aromatic heterocycles. The molecule has 3 aromatic rings. The number of carbonyl (C=O) groups is 2. The van der Waals surface area contributed by atoms with E-state index >= 15 is 0 Å². The van der Waals surface area contributed by atoms with Crippen LogP contribution in [0.1, 0.15) is 20.7 Å². The van der Waals surface area contributed by atoms with Crippen LogP contribution in [0.5, 0.6) is 0 Å². The molecule has 4 rings (SSSR count). The standard InChI is InChI=1S/C21H18N2O5S/c1-29(27,28)14-5-2-4-13(12-14)23-20(25)16-7-3-6-15-18(22-10-11-24)9-8-17(19(15)16)21(23)26/h2-9,12,22,24H,10-11H2,1H3. The summed E-state index contributed by atoms with van der Waals surface area (Å²) in [5.41, 5.74) is 1.63. The van der Waals surface area contributed by atoms with E-state index in [2.05, 4.69) is 5.32 Å². The van der Waals surface area contributed by atoms with Crippen LogP contribution < -0.4 is 10.2 Å². The summed E-state index contributed by atoms with van der Waals surface area (Å²) in [6.45, 7) is 0.288. The van der Waals surface area contributed by atoms with Gasteiger partial charge in [-0.1, -0.05) is 18.2 Å². The van der Waals surface area contributed by atoms with Gasteiger partial charge in [-0.25, -0.2) is 13.3 Å². The highest BCUT2D eigenvalue weighted by Crippen LogP contribution is 2.36. The van der Waals surface area contributed by atoms with E-state index in [1.54, 1.807) is 24.3 Å². The second-order valence-corrected chi connectivity index (χ2v) is 8.77. The lowest BCUT2D eigenvalue weighted by molar-refractivity contribution is 0.0893. The Labute approximate surface area is 167 Å². The molecule has 1 aliphatic rings. The highest BCUT2D eigenvalue weighted by molar-refractivity contribution is 7.90. The first kappa shape index (κ1) is 19.1. The normalized spacial score (nSPS) is 13.8. The molecule has 29 heavy (non-hydrogen) atoms. The lowest BCUT2D eigenvalue weighted by Gasteiger charge is -2.28. The van der Waals surface area contributed by atoms with Crippen LogP contribution in [0, 0.1) is 0 Å². The van der Waals surface area contributed by atoms with Gasteiger partial charge in [-0.05, 0) is 36.4 Å². The minimum absolute atomic E-state index is 0.0307. The van der Waals surface area contributed by atoms with Gasteiger partial charge in [0.15, 0.2) is 9.84 Å². The highest BCUT2D eigenvalue weighted by atomic mass is 32.2. The predicted octanol–water partition coefficient (Wildman–Crippen LogP) is 2.45. The fraction of sp³-hybridized carbons (Fsp3) is 0.143. The molecule has 148 valence electrons. The van der Waals surface area contributed by atoms with Crippen LogP contribution in [0.25, 0.3) is 10.8 Å². The first-order valence-corrected chi connectivity index (χ1v) is 10.8. The van der Waals surface area contributed by atoms with Crippen LogP contribution >= 0.6 is 0 Å². The van der Waals surface area contributed by atoms with Gasteiger partial charge in [-0.3, -0.25) is 9.59 Å². The summed E-state index contributed by atoms with van der Waals surface area (Å²) in [4.78, 5) is 27.4. The van der Waals surface area contributed by atoms with Crippen molar-refractivity contribution in [3.05, 3.63) is 65.7 Å². The molecule has 0 unspecified atom stereocenters. The summed E-state index contributed by atoms with van der Waals surface area (Å²) in [7, 11) is -3.49. The SMILES string of the molecule is CS(=O)(=O)c1cccc(N2C(=O)c3cccc4c(NCCO)ccc(c34)C2=O)c1. The van der Waals surface area contributed by atoms with Gasteiger partial charge in [0.05, 0.1) is 17.2 Å². The first-order valence-electron chi connectivity index (χ1n) is 8.92. The van der Waals surface area contributed by atoms with Gasteiger partial charge in [0.25, 0.3) is 11.8 Å². The van der Waals surface area contributed by atoms with Gasteiger partial charge >= 0.3 is 0 Å². The molecule has 0 spiro atoms. The molecule has 0 saturated carbocycles. The molecule has 0 bridgehead atoms. The van der Waals surface area contributed by atoms with Crippen molar-refractivity contribution in [2.75, 3.05) is 29.6 Å². The van der Waals surface area contributed by atoms with Crippen molar-refractivity contribution in [2.45, 2.75) is 4.90 Å². The number of sulfone groups is 1. The number of nitrogens with zero attached hydrogens (tertiary/aromatic N) is 1. The van der Waals surface area contributed by atoms with Crippen molar-refractivity contribution in [3.63, 3.8) is 0 Å². The van der Waals surface area contributed by atoms with E-state index in [9.17, 15) is 18.0 Å². The van der Waals surface area contributed by atoms with E-state index in [0.717, 1.165) is 11.2 Å². The molecule has 0 radical (unpaired) electrons. The fourth-order valence-corrected chi connectivity index (χ4v) is 4.19. The van der Waals surface area contributed by atoms with Crippen LogP contribution in [0.3, 0.4) is 0 Å². The monoisotopic (exact) mass is 410 g/mol. The summed E-state index contributed by atoms with van der Waals surface area (Å²) in [6, 6.07) is 14.3. The lowest BCUT2D eigenvalue weighted by Crippen LogP contribution is -2.40. The summed E-state index contributed by atoms with van der Waals surface area (Å²) < 4.78 is 23.8. The number of aliphatic hydroxyl groups excluding tert-OH is 1. The smallest absolute Gasteiger partial charge is 0.265 e. The molecule has 1 aliphatic heterocycles. The van der Waals surface area contributed by atoms with Gasteiger partial charge < -0.3 is 10.4 Å². The maximum atomic E-state index is 13.2. The quantitative estimate of drug-likeness (QED) is 0.626. The molecule has 2 N–H and O–H groups in total. The average molecular weight is 410 g/mol. The number of aliphatic hydroxyl groups is 1. The molecule has 3 aromatic carbocycles. The summed E-state index contributed by atoms with van der Waals surface area (Å²) in [5.74, 6) is -1.03. The van der Waals surface area contributed by atoms with Crippen LogP contribution in [-0.2, 0) is 9.84 Å². The molecule has 0 saturated heterocycles. The number of benzene rings is 3. The van der Waals surface area contributed by atoms with Crippen molar-refractivity contribution in [1.29, 1.82) is 0 Å². The number of amides is 2. The van der Waals surface area contributed by atoms with E-state index < -0.39 is 21.7 Å². The van der Waals surface area contributed by atoms with Crippen LogP contribution in [-0.4, -0.2) is 44.7 Å². The predicted molar refractivity (Wildman–Crippen MR) is 110 cm³/mol. The van der Waals surface area contributed by atoms with Crippen molar-refractivity contribution >= 4 is 43.8 Å². The number of nitrogens with one attached hydrogen (secondary N) is 1. The van der Waals surface area contributed by atoms with Gasteiger partial charge in [0.2, 0.25) is 0 Å². The molecular formula is C21H18N2O5S. The Balaban J connectivity index is 1.89. The van der Waals surface area contributed by atoms with Gasteiger partial charge in [0, 0.05) is 40.4 Å². The Morgan fingerprint density at radius 1 is 0.966 bits per heavy atom. The minimum atomic E-state index is -3.49. The van der Waals surface area contributed by atoms with E-state index in [-0.39, 0.29) is 17.2 Å². The Morgan fingerprint density at radius 2 is 1.66 bits per heavy atom. The Bertz CT molecular complexity index is 1250. The maximum absolute atomic E-state index is 13.2. The van der Waals surface area contributed by atoms with Crippen LogP contribution in [0.15, 0.2) is 59.5 Å². The van der Waals surface area contributed by atoms with Crippen LogP contribution in [0.4, 0.5) is 11.4 Å². The summed E-state index contributed by atoms with van der Waals surface area (Å²) in [5, 5.41) is 13.4. The largest absolute Gasteiger partial charge is 0.395 e. The third-order valence-corrected chi connectivity index (χ3v) is 5.95. The third kappa shape index (κ3) is 3.16. The molecule has 0 fully saturated rings. The van der Waals surface area contributed by atoms with Crippen molar-refractivity contribution in [2.24, 2.45) is 0 Å². The zero-order valence-electron chi connectivity index (χ0n) is 15.5. The number of carbonyl (C=O) groups excluding carboxylic acids is 2. The summed E-state index contributed by atoms with van der Waals surface area (Å²) >= 11 is 0. The third-order valence-electron chi connectivity index (χ3n) is 4.84. The van der Waals surface area contributed by atoms with E-state index in [4.69, 9.17) is 5.11 Å². The Hall–Kier alpha value is -3.23. The zero-order valence-corrected chi connectivity index (χ0v) is 16.4. The molecule has 0 atom stereocenters. The second kappa shape index (κ2) is 6.98. The van der Waals surface area contributed by atoms with Gasteiger partial charge in [-0.2, -0.15) is 0 Å². The molecular weight excluding hydrogens is 392 g/mol. The number of hydrogen-bond donors (Lipinski definition) is 2. The van der Waals surface area contributed by atoms with Crippen molar-refractivity contribution in [1.82, 2.24) is 0 Å². The fourth-order valence-electron chi connectivity index (χ4n) is 3.53. The molecule has 7 nitrogen and oxygen atoms in total. The Morgan fingerprint density at radius 3 is 2.34 bits per heavy atom. The number of rotatable bonds is 5. The number of hydrogen-bond acceptors (Lipinski definition) is 6. The molecule has 8 heteroatoms. The van der Waals surface area contributed by atoms with Gasteiger partial charge in [0.1, 0.15) is 0 Å². The molecule has 2 amide bonds. The average Bonchev–Trinajstić information content (AvgIpc) is 2.70. The number of anilines is 2. The number of imide groups is 1. The molecule has 0 aliphatic carbocycles. The second-order valence-electron chi connectivity index (χ2n) is 6.75. The minimum Gasteiger partial charge on any atom is -0.395 e. The van der Waals surface area contributed by atoms with Crippen molar-refractivity contribution in [3.8, 4) is 0 Å². The van der Waals surface area contributed by atoms with Crippen LogP contribution in [0.2, 0.25) is 0 Å².